The summed E-state index contributed by atoms with van der Waals surface area (Å²) in [7, 11) is 0. The van der Waals surface area contributed by atoms with E-state index in [1.54, 1.807) is 0 Å². The molecule has 2 nitrogen and oxygen atoms in total. The highest BCUT2D eigenvalue weighted by atomic mass is 127. The summed E-state index contributed by atoms with van der Waals surface area (Å²) in [6, 6.07) is 6.42. The molecule has 102 valence electrons. The number of hydrogen-bond acceptors (Lipinski definition) is 2. The third kappa shape index (κ3) is 3.07. The molecule has 0 fully saturated rings. The van der Waals surface area contributed by atoms with Gasteiger partial charge in [-0.15, -0.1) is 0 Å². The molecule has 0 amide bonds. The van der Waals surface area contributed by atoms with Crippen LogP contribution in [0.4, 0.5) is 0 Å². The second kappa shape index (κ2) is 4.69. The molecule has 1 heterocycles. The van der Waals surface area contributed by atoms with Gasteiger partial charge in [0.25, 0.3) is 0 Å². The molecule has 19 heavy (non-hydrogen) atoms. The molecule has 0 saturated heterocycles. The molecular weight excluding hydrogens is 347 g/mol. The molecule has 0 atom stereocenters. The van der Waals surface area contributed by atoms with Crippen molar-refractivity contribution in [3.63, 3.8) is 0 Å². The maximum atomic E-state index is 4.80. The molecule has 2 rings (SSSR count). The van der Waals surface area contributed by atoms with Gasteiger partial charge in [-0.1, -0.05) is 49.4 Å². The zero-order valence-corrected chi connectivity index (χ0v) is 14.7. The van der Waals surface area contributed by atoms with Gasteiger partial charge in [0.15, 0.2) is 0 Å². The Morgan fingerprint density at radius 2 is 1.58 bits per heavy atom. The molecule has 0 unspecified atom stereocenters. The highest BCUT2D eigenvalue weighted by molar-refractivity contribution is 14.1. The monoisotopic (exact) mass is 368 g/mol. The first-order valence-corrected chi connectivity index (χ1v) is 7.65. The lowest BCUT2D eigenvalue weighted by molar-refractivity contribution is 0.591. The van der Waals surface area contributed by atoms with Crippen LogP contribution >= 0.6 is 22.6 Å². The highest BCUT2D eigenvalue weighted by Gasteiger charge is 2.22. The van der Waals surface area contributed by atoms with Crippen LogP contribution in [0.5, 0.6) is 0 Å². The minimum Gasteiger partial charge on any atom is -0.250 e. The van der Waals surface area contributed by atoms with Crippen molar-refractivity contribution in [1.29, 1.82) is 0 Å². The first kappa shape index (κ1) is 14.7. The zero-order chi connectivity index (χ0) is 14.4. The van der Waals surface area contributed by atoms with Crippen molar-refractivity contribution in [2.75, 3.05) is 0 Å². The van der Waals surface area contributed by atoms with Crippen LogP contribution in [0.2, 0.25) is 0 Å². The van der Waals surface area contributed by atoms with Gasteiger partial charge in [0.05, 0.1) is 25.8 Å². The van der Waals surface area contributed by atoms with Crippen LogP contribution in [-0.4, -0.2) is 9.97 Å². The van der Waals surface area contributed by atoms with E-state index in [-0.39, 0.29) is 8.84 Å². The number of rotatable bonds is 1. The standard InChI is InChI=1S/C16H21IN2/c1-10-14(16(5,6)17)19-12-8-7-11(15(2,3)4)9-13(12)18-10/h7-9H,1-6H3. The number of nitrogens with zero attached hydrogens (tertiary/aromatic N) is 2. The molecule has 1 aromatic heterocycles. The van der Waals surface area contributed by atoms with Crippen molar-refractivity contribution in [2.24, 2.45) is 0 Å². The third-order valence-electron chi connectivity index (χ3n) is 3.27. The molecular formula is C16H21IN2. The normalized spacial score (nSPS) is 13.0. The summed E-state index contributed by atoms with van der Waals surface area (Å²) in [5.74, 6) is 0. The minimum absolute atomic E-state index is 0.00569. The summed E-state index contributed by atoms with van der Waals surface area (Å²) < 4.78 is 0.00569. The number of hydrogen-bond donors (Lipinski definition) is 0. The van der Waals surface area contributed by atoms with E-state index in [0.29, 0.717) is 0 Å². The SMILES string of the molecule is Cc1nc2cc(C(C)(C)C)ccc2nc1C(C)(C)I. The van der Waals surface area contributed by atoms with Gasteiger partial charge < -0.3 is 0 Å². The molecule has 0 N–H and O–H groups in total. The summed E-state index contributed by atoms with van der Waals surface area (Å²) >= 11 is 2.42. The van der Waals surface area contributed by atoms with Crippen molar-refractivity contribution < 1.29 is 0 Å². The number of aromatic nitrogens is 2. The van der Waals surface area contributed by atoms with Crippen LogP contribution in [0.25, 0.3) is 11.0 Å². The molecule has 0 aliphatic carbocycles. The number of fused-ring (bicyclic) bond motifs is 1. The van der Waals surface area contributed by atoms with Crippen molar-refractivity contribution >= 4 is 33.6 Å². The van der Waals surface area contributed by atoms with Crippen LogP contribution in [0.1, 0.15) is 51.6 Å². The van der Waals surface area contributed by atoms with Crippen molar-refractivity contribution in [2.45, 2.75) is 50.4 Å². The van der Waals surface area contributed by atoms with E-state index in [0.717, 1.165) is 22.4 Å². The average Bonchev–Trinajstić information content (AvgIpc) is 2.24. The van der Waals surface area contributed by atoms with Gasteiger partial charge in [-0.2, -0.15) is 0 Å². The first-order valence-electron chi connectivity index (χ1n) is 6.57. The van der Waals surface area contributed by atoms with Gasteiger partial charge in [-0.05, 0) is 43.9 Å². The van der Waals surface area contributed by atoms with E-state index in [1.807, 2.05) is 6.92 Å². The number of halogens is 1. The summed E-state index contributed by atoms with van der Waals surface area (Å²) in [5, 5.41) is 0. The van der Waals surface area contributed by atoms with Crippen molar-refractivity contribution in [1.82, 2.24) is 9.97 Å². The number of alkyl halides is 1. The lowest BCUT2D eigenvalue weighted by Crippen LogP contribution is -2.14. The molecule has 0 aliphatic rings. The number of aryl methyl sites for hydroxylation is 1. The van der Waals surface area contributed by atoms with Gasteiger partial charge in [0.1, 0.15) is 0 Å². The fraction of sp³-hybridized carbons (Fsp3) is 0.500. The Bertz CT molecular complexity index is 619. The topological polar surface area (TPSA) is 25.8 Å². The van der Waals surface area contributed by atoms with E-state index in [9.17, 15) is 0 Å². The second-order valence-corrected chi connectivity index (χ2v) is 9.28. The molecule has 2 aromatic rings. The molecule has 0 spiro atoms. The fourth-order valence-electron chi connectivity index (χ4n) is 2.17. The maximum Gasteiger partial charge on any atom is 0.0893 e. The minimum atomic E-state index is 0.00569. The molecule has 0 radical (unpaired) electrons. The summed E-state index contributed by atoms with van der Waals surface area (Å²) in [6.07, 6.45) is 0. The van der Waals surface area contributed by atoms with Gasteiger partial charge in [-0.3, -0.25) is 0 Å². The van der Waals surface area contributed by atoms with Crippen LogP contribution < -0.4 is 0 Å². The predicted molar refractivity (Wildman–Crippen MR) is 90.0 cm³/mol. The van der Waals surface area contributed by atoms with E-state index < -0.39 is 0 Å². The first-order chi connectivity index (χ1) is 8.59. The van der Waals surface area contributed by atoms with E-state index >= 15 is 0 Å². The molecule has 3 heteroatoms. The van der Waals surface area contributed by atoms with Gasteiger partial charge in [0, 0.05) is 0 Å². The average molecular weight is 368 g/mol. The summed E-state index contributed by atoms with van der Waals surface area (Å²) in [5.41, 5.74) is 5.52. The Balaban J connectivity index is 2.65. The van der Waals surface area contributed by atoms with Crippen LogP contribution in [0.3, 0.4) is 0 Å². The lowest BCUT2D eigenvalue weighted by Gasteiger charge is -2.21. The maximum absolute atomic E-state index is 4.80. The quantitative estimate of drug-likeness (QED) is 0.528. The fourth-order valence-corrected chi connectivity index (χ4v) is 2.68. The zero-order valence-electron chi connectivity index (χ0n) is 12.5. The Morgan fingerprint density at radius 3 is 2.11 bits per heavy atom. The van der Waals surface area contributed by atoms with Crippen molar-refractivity contribution in [3.8, 4) is 0 Å². The Hall–Kier alpha value is -0.710. The summed E-state index contributed by atoms with van der Waals surface area (Å²) in [4.78, 5) is 9.55. The third-order valence-corrected chi connectivity index (χ3v) is 3.78. The Morgan fingerprint density at radius 1 is 0.947 bits per heavy atom. The Labute approximate surface area is 129 Å². The number of benzene rings is 1. The lowest BCUT2D eigenvalue weighted by atomic mass is 9.87. The predicted octanol–water partition coefficient (Wildman–Crippen LogP) is 4.91. The Kier molecular flexibility index (Phi) is 3.62. The smallest absolute Gasteiger partial charge is 0.0893 e. The van der Waals surface area contributed by atoms with Gasteiger partial charge >= 0.3 is 0 Å². The molecule has 1 aromatic carbocycles. The van der Waals surface area contributed by atoms with Gasteiger partial charge in [-0.25, -0.2) is 9.97 Å². The molecule has 0 bridgehead atoms. The molecule has 0 saturated carbocycles. The van der Waals surface area contributed by atoms with Crippen LogP contribution in [-0.2, 0) is 8.84 Å². The van der Waals surface area contributed by atoms with E-state index in [1.165, 1.54) is 5.56 Å². The van der Waals surface area contributed by atoms with Crippen LogP contribution in [0, 0.1) is 6.92 Å². The summed E-state index contributed by atoms with van der Waals surface area (Å²) in [6.45, 7) is 13.0. The molecule has 0 aliphatic heterocycles. The van der Waals surface area contributed by atoms with Crippen LogP contribution in [0.15, 0.2) is 18.2 Å². The van der Waals surface area contributed by atoms with Gasteiger partial charge in [0.2, 0.25) is 0 Å². The highest BCUT2D eigenvalue weighted by Crippen LogP contribution is 2.32. The second-order valence-electron chi connectivity index (χ2n) is 6.58. The van der Waals surface area contributed by atoms with E-state index in [4.69, 9.17) is 9.97 Å². The van der Waals surface area contributed by atoms with E-state index in [2.05, 4.69) is 75.4 Å². The largest absolute Gasteiger partial charge is 0.250 e. The van der Waals surface area contributed by atoms with Crippen molar-refractivity contribution in [3.05, 3.63) is 35.2 Å².